The standard InChI is InChI=1S/C16H17BrN2O/c1-11-4-7-13(17)10-15(11)19(3)16(20)12-5-8-14(18-2)9-6-12/h4-10,18H,1-3H3. The van der Waals surface area contributed by atoms with Crippen molar-refractivity contribution in [3.05, 3.63) is 58.1 Å². The van der Waals surface area contributed by atoms with E-state index in [4.69, 9.17) is 0 Å². The average Bonchev–Trinajstić information content (AvgIpc) is 2.48. The van der Waals surface area contributed by atoms with E-state index in [2.05, 4.69) is 21.2 Å². The number of carbonyl (C=O) groups is 1. The van der Waals surface area contributed by atoms with E-state index in [0.29, 0.717) is 5.56 Å². The summed E-state index contributed by atoms with van der Waals surface area (Å²) in [5.74, 6) is -0.0196. The van der Waals surface area contributed by atoms with Crippen LogP contribution in [0.1, 0.15) is 15.9 Å². The molecule has 0 bridgehead atoms. The molecule has 0 aromatic heterocycles. The van der Waals surface area contributed by atoms with Crippen LogP contribution in [0, 0.1) is 6.92 Å². The maximum Gasteiger partial charge on any atom is 0.258 e. The fourth-order valence-electron chi connectivity index (χ4n) is 2.03. The first-order valence-corrected chi connectivity index (χ1v) is 7.14. The number of benzene rings is 2. The van der Waals surface area contributed by atoms with Gasteiger partial charge in [0.15, 0.2) is 0 Å². The molecule has 0 heterocycles. The molecule has 0 aliphatic rings. The highest BCUT2D eigenvalue weighted by atomic mass is 79.9. The quantitative estimate of drug-likeness (QED) is 0.918. The highest BCUT2D eigenvalue weighted by Gasteiger charge is 2.15. The van der Waals surface area contributed by atoms with Gasteiger partial charge in [0.2, 0.25) is 0 Å². The Morgan fingerprint density at radius 1 is 1.15 bits per heavy atom. The number of halogens is 1. The van der Waals surface area contributed by atoms with Gasteiger partial charge in [0.25, 0.3) is 5.91 Å². The Kier molecular flexibility index (Phi) is 4.45. The number of hydrogen-bond acceptors (Lipinski definition) is 2. The van der Waals surface area contributed by atoms with Crippen molar-refractivity contribution in [2.24, 2.45) is 0 Å². The van der Waals surface area contributed by atoms with Crippen LogP contribution in [0.4, 0.5) is 11.4 Å². The number of nitrogens with one attached hydrogen (secondary N) is 1. The molecule has 0 saturated carbocycles. The third kappa shape index (κ3) is 3.02. The number of nitrogens with zero attached hydrogens (tertiary/aromatic N) is 1. The van der Waals surface area contributed by atoms with Crippen molar-refractivity contribution in [3.8, 4) is 0 Å². The van der Waals surface area contributed by atoms with Crippen molar-refractivity contribution in [2.75, 3.05) is 24.3 Å². The summed E-state index contributed by atoms with van der Waals surface area (Å²) in [6.45, 7) is 2.00. The van der Waals surface area contributed by atoms with Crippen LogP contribution in [0.5, 0.6) is 0 Å². The highest BCUT2D eigenvalue weighted by Crippen LogP contribution is 2.25. The van der Waals surface area contributed by atoms with Crippen LogP contribution in [0.2, 0.25) is 0 Å². The number of hydrogen-bond donors (Lipinski definition) is 1. The Hall–Kier alpha value is -1.81. The molecule has 2 rings (SSSR count). The fourth-order valence-corrected chi connectivity index (χ4v) is 2.38. The summed E-state index contributed by atoms with van der Waals surface area (Å²) in [4.78, 5) is 14.2. The molecule has 0 spiro atoms. The van der Waals surface area contributed by atoms with Crippen molar-refractivity contribution in [1.29, 1.82) is 0 Å². The molecule has 4 heteroatoms. The van der Waals surface area contributed by atoms with Crippen molar-refractivity contribution < 1.29 is 4.79 Å². The van der Waals surface area contributed by atoms with Gasteiger partial charge in [-0.05, 0) is 48.9 Å². The predicted molar refractivity (Wildman–Crippen MR) is 87.6 cm³/mol. The van der Waals surface area contributed by atoms with E-state index < -0.39 is 0 Å². The zero-order chi connectivity index (χ0) is 14.7. The molecular formula is C16H17BrN2O. The van der Waals surface area contributed by atoms with E-state index in [1.54, 1.807) is 11.9 Å². The minimum absolute atomic E-state index is 0.0196. The third-order valence-corrected chi connectivity index (χ3v) is 3.75. The topological polar surface area (TPSA) is 32.3 Å². The molecule has 0 atom stereocenters. The molecule has 104 valence electrons. The molecule has 0 fully saturated rings. The van der Waals surface area contributed by atoms with Gasteiger partial charge in [0, 0.05) is 35.5 Å². The Bertz CT molecular complexity index is 623. The van der Waals surface area contributed by atoms with Crippen LogP contribution in [-0.4, -0.2) is 20.0 Å². The molecule has 20 heavy (non-hydrogen) atoms. The number of rotatable bonds is 3. The maximum absolute atomic E-state index is 12.5. The highest BCUT2D eigenvalue weighted by molar-refractivity contribution is 9.10. The lowest BCUT2D eigenvalue weighted by Crippen LogP contribution is -2.26. The van der Waals surface area contributed by atoms with Crippen molar-refractivity contribution in [3.63, 3.8) is 0 Å². The monoisotopic (exact) mass is 332 g/mol. The third-order valence-electron chi connectivity index (χ3n) is 3.26. The number of carbonyl (C=O) groups excluding carboxylic acids is 1. The Morgan fingerprint density at radius 2 is 1.80 bits per heavy atom. The molecule has 0 unspecified atom stereocenters. The zero-order valence-electron chi connectivity index (χ0n) is 11.8. The predicted octanol–water partition coefficient (Wildman–Crippen LogP) is 4.08. The van der Waals surface area contributed by atoms with Gasteiger partial charge in [0.1, 0.15) is 0 Å². The van der Waals surface area contributed by atoms with Crippen LogP contribution in [0.3, 0.4) is 0 Å². The van der Waals surface area contributed by atoms with Crippen LogP contribution in [-0.2, 0) is 0 Å². The second kappa shape index (κ2) is 6.09. The van der Waals surface area contributed by atoms with Gasteiger partial charge in [-0.3, -0.25) is 4.79 Å². The van der Waals surface area contributed by atoms with Crippen molar-refractivity contribution in [1.82, 2.24) is 0 Å². The van der Waals surface area contributed by atoms with E-state index in [0.717, 1.165) is 21.4 Å². The summed E-state index contributed by atoms with van der Waals surface area (Å²) >= 11 is 3.44. The molecule has 0 aliphatic heterocycles. The first kappa shape index (κ1) is 14.6. The lowest BCUT2D eigenvalue weighted by molar-refractivity contribution is 0.0993. The molecular weight excluding hydrogens is 316 g/mol. The maximum atomic E-state index is 12.5. The summed E-state index contributed by atoms with van der Waals surface area (Å²) in [6.07, 6.45) is 0. The molecule has 0 radical (unpaired) electrons. The molecule has 0 saturated heterocycles. The minimum Gasteiger partial charge on any atom is -0.388 e. The minimum atomic E-state index is -0.0196. The summed E-state index contributed by atoms with van der Waals surface area (Å²) in [5, 5.41) is 3.04. The molecule has 1 N–H and O–H groups in total. The van der Waals surface area contributed by atoms with E-state index in [9.17, 15) is 4.79 Å². The number of amides is 1. The van der Waals surface area contributed by atoms with E-state index in [1.807, 2.05) is 56.4 Å². The van der Waals surface area contributed by atoms with Crippen LogP contribution in [0.25, 0.3) is 0 Å². The van der Waals surface area contributed by atoms with Gasteiger partial charge in [-0.1, -0.05) is 22.0 Å². The van der Waals surface area contributed by atoms with Gasteiger partial charge in [0.05, 0.1) is 0 Å². The molecule has 1 amide bonds. The van der Waals surface area contributed by atoms with Gasteiger partial charge in [-0.15, -0.1) is 0 Å². The van der Waals surface area contributed by atoms with Crippen LogP contribution >= 0.6 is 15.9 Å². The number of anilines is 2. The van der Waals surface area contributed by atoms with Gasteiger partial charge in [-0.2, -0.15) is 0 Å². The first-order chi connectivity index (χ1) is 9.52. The van der Waals surface area contributed by atoms with Crippen LogP contribution < -0.4 is 10.2 Å². The second-order valence-electron chi connectivity index (χ2n) is 4.62. The second-order valence-corrected chi connectivity index (χ2v) is 5.54. The van der Waals surface area contributed by atoms with Gasteiger partial charge in [-0.25, -0.2) is 0 Å². The van der Waals surface area contributed by atoms with Gasteiger partial charge < -0.3 is 10.2 Å². The smallest absolute Gasteiger partial charge is 0.258 e. The van der Waals surface area contributed by atoms with E-state index >= 15 is 0 Å². The summed E-state index contributed by atoms with van der Waals surface area (Å²) in [5.41, 5.74) is 3.63. The lowest BCUT2D eigenvalue weighted by Gasteiger charge is -2.20. The summed E-state index contributed by atoms with van der Waals surface area (Å²) in [7, 11) is 3.65. The fraction of sp³-hybridized carbons (Fsp3) is 0.188. The zero-order valence-corrected chi connectivity index (χ0v) is 13.4. The Morgan fingerprint density at radius 3 is 2.40 bits per heavy atom. The average molecular weight is 333 g/mol. The van der Waals surface area contributed by atoms with Crippen molar-refractivity contribution in [2.45, 2.75) is 6.92 Å². The normalized spacial score (nSPS) is 10.2. The first-order valence-electron chi connectivity index (χ1n) is 6.35. The van der Waals surface area contributed by atoms with Crippen molar-refractivity contribution >= 4 is 33.2 Å². The Labute approximate surface area is 127 Å². The molecule has 0 aliphatic carbocycles. The molecule has 2 aromatic carbocycles. The van der Waals surface area contributed by atoms with Gasteiger partial charge >= 0.3 is 0 Å². The summed E-state index contributed by atoms with van der Waals surface area (Å²) < 4.78 is 0.961. The molecule has 3 nitrogen and oxygen atoms in total. The van der Waals surface area contributed by atoms with E-state index in [1.165, 1.54) is 0 Å². The summed E-state index contributed by atoms with van der Waals surface area (Å²) in [6, 6.07) is 13.4. The largest absolute Gasteiger partial charge is 0.388 e. The Balaban J connectivity index is 2.29. The number of aryl methyl sites for hydroxylation is 1. The lowest BCUT2D eigenvalue weighted by atomic mass is 10.1. The molecule has 2 aromatic rings. The van der Waals surface area contributed by atoms with Crippen LogP contribution in [0.15, 0.2) is 46.9 Å². The SMILES string of the molecule is CNc1ccc(C(=O)N(C)c2cc(Br)ccc2C)cc1. The van der Waals surface area contributed by atoms with E-state index in [-0.39, 0.29) is 5.91 Å².